The highest BCUT2D eigenvalue weighted by Gasteiger charge is 2.58. The number of carbonyl (C=O) groups is 6. The Morgan fingerprint density at radius 3 is 2.30 bits per heavy atom. The topological polar surface area (TPSA) is 154 Å². The maximum atomic E-state index is 13.9. The Bertz CT molecular complexity index is 1870. The summed E-state index contributed by atoms with van der Waals surface area (Å²) in [7, 11) is 0. The molecule has 0 aromatic heterocycles. The highest BCUT2D eigenvalue weighted by molar-refractivity contribution is 6.06. The molecule has 3 N–H and O–H groups in total. The summed E-state index contributed by atoms with van der Waals surface area (Å²) in [5, 5.41) is 8.49. The molecule has 1 aliphatic carbocycles. The molecule has 2 atom stereocenters. The average Bonchev–Trinajstić information content (AvgIpc) is 3.62. The summed E-state index contributed by atoms with van der Waals surface area (Å²) in [5.74, 6) is -2.14. The van der Waals surface area contributed by atoms with Gasteiger partial charge in [0, 0.05) is 62.3 Å². The average molecular weight is 742 g/mol. The Labute approximate surface area is 314 Å². The van der Waals surface area contributed by atoms with E-state index in [4.69, 9.17) is 4.74 Å². The van der Waals surface area contributed by atoms with Gasteiger partial charge in [0.25, 0.3) is 5.91 Å². The maximum absolute atomic E-state index is 13.9. The van der Waals surface area contributed by atoms with E-state index in [9.17, 15) is 33.2 Å². The van der Waals surface area contributed by atoms with Gasteiger partial charge in [-0.1, -0.05) is 56.5 Å². The third-order valence-electron chi connectivity index (χ3n) is 9.82. The fourth-order valence-corrected chi connectivity index (χ4v) is 6.85. The highest BCUT2D eigenvalue weighted by Crippen LogP contribution is 2.46. The summed E-state index contributed by atoms with van der Waals surface area (Å²) in [5.41, 5.74) is 2.50. The molecule has 12 nitrogen and oxygen atoms in total. The number of hydrogen-bond donors (Lipinski definition) is 3. The Morgan fingerprint density at radius 1 is 0.889 bits per heavy atom. The van der Waals surface area contributed by atoms with Crippen molar-refractivity contribution < 1.29 is 37.9 Å². The lowest BCUT2D eigenvalue weighted by Gasteiger charge is -2.31. The molecule has 1 heterocycles. The predicted molar refractivity (Wildman–Crippen MR) is 201 cm³/mol. The van der Waals surface area contributed by atoms with Gasteiger partial charge in [0.05, 0.1) is 0 Å². The number of nitrogens with one attached hydrogen (secondary N) is 3. The molecule has 13 heteroatoms. The zero-order valence-electron chi connectivity index (χ0n) is 31.0. The monoisotopic (exact) mass is 741 g/mol. The van der Waals surface area contributed by atoms with Gasteiger partial charge < -0.3 is 25.6 Å². The number of ether oxygens (including phenoxy) is 1. The molecule has 0 radical (unpaired) electrons. The van der Waals surface area contributed by atoms with E-state index >= 15 is 0 Å². The van der Waals surface area contributed by atoms with E-state index in [2.05, 4.69) is 22.9 Å². The van der Waals surface area contributed by atoms with Crippen LogP contribution in [0.25, 0.3) is 0 Å². The molecule has 286 valence electrons. The van der Waals surface area contributed by atoms with Crippen molar-refractivity contribution in [3.8, 4) is 0 Å². The minimum absolute atomic E-state index is 0.0194. The smallest absolute Gasteiger partial charge is 0.418 e. The number of hydrogen-bond acceptors (Lipinski definition) is 7. The van der Waals surface area contributed by atoms with Crippen LogP contribution in [0.5, 0.6) is 0 Å². The number of nitrogens with zero attached hydrogens (tertiary/aromatic N) is 2. The minimum Gasteiger partial charge on any atom is -0.427 e. The van der Waals surface area contributed by atoms with Crippen molar-refractivity contribution in [2.75, 3.05) is 23.7 Å². The van der Waals surface area contributed by atoms with Gasteiger partial charge in [0.15, 0.2) is 0 Å². The van der Waals surface area contributed by atoms with Crippen LogP contribution >= 0.6 is 0 Å². The first kappa shape index (κ1) is 39.6. The third kappa shape index (κ3) is 9.88. The molecule has 0 bridgehead atoms. The third-order valence-corrected chi connectivity index (χ3v) is 9.82. The Hall–Kier alpha value is -5.59. The van der Waals surface area contributed by atoms with Crippen LogP contribution in [0, 0.1) is 5.82 Å². The van der Waals surface area contributed by atoms with E-state index in [0.717, 1.165) is 41.7 Å². The molecule has 54 heavy (non-hydrogen) atoms. The van der Waals surface area contributed by atoms with Gasteiger partial charge in [-0.25, -0.2) is 14.1 Å². The van der Waals surface area contributed by atoms with Crippen LogP contribution in [0.2, 0.25) is 0 Å². The molecular formula is C41H48FN5O7. The number of benzene rings is 3. The van der Waals surface area contributed by atoms with Crippen molar-refractivity contribution in [2.45, 2.75) is 96.7 Å². The molecular weight excluding hydrogens is 693 g/mol. The number of halogens is 1. The van der Waals surface area contributed by atoms with Crippen LogP contribution in [0.3, 0.4) is 0 Å². The SMILES string of the molecule is CCCCCCC(=O)Nc1ccc(CCC(=O)NC[C@H](C)N(Cc2ccc(F)cc2)C(=O)CN2C(=O)O[C@@]3(CCc4cc(NC(C)=O)ccc43)C2=O)cc1. The number of unbranched alkanes of at least 4 members (excludes halogenated alkanes) is 3. The minimum atomic E-state index is -1.56. The second-order valence-electron chi connectivity index (χ2n) is 14.0. The van der Waals surface area contributed by atoms with E-state index in [1.807, 2.05) is 24.3 Å². The molecule has 0 saturated carbocycles. The standard InChI is InChI=1S/C41H48FN5O7/c1-4-5-6-7-8-37(50)45-33-16-11-29(12-17-33)13-20-36(49)43-24-27(2)46(25-30-9-14-32(42)15-10-30)38(51)26-47-39(52)41(54-40(47)53)22-21-31-23-34(44-28(3)48)18-19-35(31)41/h9-12,14-19,23,27H,4-8,13,20-22,24-26H2,1-3H3,(H,43,49)(H,44,48)(H,45,50)/t27-,41+/m0/s1. The van der Waals surface area contributed by atoms with E-state index in [1.54, 1.807) is 37.3 Å². The number of rotatable bonds is 17. The van der Waals surface area contributed by atoms with Crippen molar-refractivity contribution in [1.82, 2.24) is 15.1 Å². The van der Waals surface area contributed by atoms with Crippen molar-refractivity contribution in [3.05, 3.63) is 94.8 Å². The lowest BCUT2D eigenvalue weighted by molar-refractivity contribution is -0.143. The van der Waals surface area contributed by atoms with Crippen molar-refractivity contribution in [2.24, 2.45) is 0 Å². The number of amides is 6. The first-order chi connectivity index (χ1) is 25.9. The Balaban J connectivity index is 1.18. The summed E-state index contributed by atoms with van der Waals surface area (Å²) in [4.78, 5) is 79.8. The van der Waals surface area contributed by atoms with Crippen LogP contribution in [0.1, 0.15) is 88.0 Å². The van der Waals surface area contributed by atoms with Crippen LogP contribution < -0.4 is 16.0 Å². The fraction of sp³-hybridized carbons (Fsp3) is 0.415. The highest BCUT2D eigenvalue weighted by atomic mass is 19.1. The number of fused-ring (bicyclic) bond motifs is 2. The van der Waals surface area contributed by atoms with Crippen LogP contribution in [-0.2, 0) is 53.7 Å². The first-order valence-corrected chi connectivity index (χ1v) is 18.5. The van der Waals surface area contributed by atoms with Crippen molar-refractivity contribution in [3.63, 3.8) is 0 Å². The lowest BCUT2D eigenvalue weighted by Crippen LogP contribution is -2.50. The van der Waals surface area contributed by atoms with E-state index < -0.39 is 41.9 Å². The molecule has 3 aromatic rings. The molecule has 3 aromatic carbocycles. The molecule has 1 aliphatic heterocycles. The number of carbonyl (C=O) groups excluding carboxylic acids is 6. The normalized spacial score (nSPS) is 16.5. The van der Waals surface area contributed by atoms with E-state index in [-0.39, 0.29) is 43.7 Å². The summed E-state index contributed by atoms with van der Waals surface area (Å²) >= 11 is 0. The van der Waals surface area contributed by atoms with Gasteiger partial charge in [-0.15, -0.1) is 0 Å². The second kappa shape index (κ2) is 18.0. The zero-order chi connectivity index (χ0) is 38.8. The van der Waals surface area contributed by atoms with Crippen molar-refractivity contribution >= 4 is 47.0 Å². The van der Waals surface area contributed by atoms with Gasteiger partial charge in [-0.3, -0.25) is 24.0 Å². The molecule has 6 amide bonds. The van der Waals surface area contributed by atoms with E-state index in [1.165, 1.54) is 24.0 Å². The summed E-state index contributed by atoms with van der Waals surface area (Å²) < 4.78 is 19.4. The van der Waals surface area contributed by atoms with E-state index in [0.29, 0.717) is 41.8 Å². The Morgan fingerprint density at radius 2 is 1.59 bits per heavy atom. The molecule has 2 aliphatic rings. The molecule has 5 rings (SSSR count). The predicted octanol–water partition coefficient (Wildman–Crippen LogP) is 5.98. The maximum Gasteiger partial charge on any atom is 0.418 e. The largest absolute Gasteiger partial charge is 0.427 e. The quantitative estimate of drug-likeness (QED) is 0.144. The molecule has 1 spiro atoms. The summed E-state index contributed by atoms with van der Waals surface area (Å²) in [6.07, 6.45) is 4.93. The Kier molecular flexibility index (Phi) is 13.2. The van der Waals surface area contributed by atoms with Crippen LogP contribution in [0.4, 0.5) is 20.6 Å². The number of aryl methyl sites for hydroxylation is 2. The second-order valence-corrected chi connectivity index (χ2v) is 14.0. The van der Waals surface area contributed by atoms with Crippen LogP contribution in [-0.4, -0.2) is 64.6 Å². The van der Waals surface area contributed by atoms with Gasteiger partial charge >= 0.3 is 6.09 Å². The molecule has 0 unspecified atom stereocenters. The van der Waals surface area contributed by atoms with Gasteiger partial charge in [0.1, 0.15) is 12.4 Å². The van der Waals surface area contributed by atoms with Crippen molar-refractivity contribution in [1.29, 1.82) is 0 Å². The van der Waals surface area contributed by atoms with Gasteiger partial charge in [-0.05, 0) is 79.3 Å². The molecule has 1 fully saturated rings. The van der Waals surface area contributed by atoms with Crippen LogP contribution in [0.15, 0.2) is 66.7 Å². The zero-order valence-corrected chi connectivity index (χ0v) is 31.0. The number of anilines is 2. The van der Waals surface area contributed by atoms with Gasteiger partial charge in [0.2, 0.25) is 29.2 Å². The molecule has 1 saturated heterocycles. The summed E-state index contributed by atoms with van der Waals surface area (Å²) in [6, 6.07) is 17.5. The number of imide groups is 1. The summed E-state index contributed by atoms with van der Waals surface area (Å²) in [6.45, 7) is 4.79. The lowest BCUT2D eigenvalue weighted by atomic mass is 9.94. The van der Waals surface area contributed by atoms with Gasteiger partial charge in [-0.2, -0.15) is 0 Å². The fourth-order valence-electron chi connectivity index (χ4n) is 6.85. The first-order valence-electron chi connectivity index (χ1n) is 18.5.